The summed E-state index contributed by atoms with van der Waals surface area (Å²) in [5, 5.41) is 0.827. The SMILES string of the molecule is COCCn1c(-c2ccc(C(C)C)cc2)nc2cc(Oc3cccnc3SC)cc(OC)c21. The fourth-order valence-corrected chi connectivity index (χ4v) is 4.27. The molecule has 0 aliphatic heterocycles. The molecule has 0 saturated heterocycles. The molecule has 2 heterocycles. The number of aromatic nitrogens is 3. The Kier molecular flexibility index (Phi) is 7.20. The van der Waals surface area contributed by atoms with Gasteiger partial charge in [-0.05, 0) is 29.9 Å². The molecule has 0 N–H and O–H groups in total. The Morgan fingerprint density at radius 3 is 2.48 bits per heavy atom. The molecule has 0 atom stereocenters. The number of pyridine rings is 1. The van der Waals surface area contributed by atoms with Crippen molar-refractivity contribution in [3.05, 3.63) is 60.3 Å². The van der Waals surface area contributed by atoms with Crippen LogP contribution in [0.25, 0.3) is 22.4 Å². The van der Waals surface area contributed by atoms with E-state index < -0.39 is 0 Å². The van der Waals surface area contributed by atoms with Crippen LogP contribution >= 0.6 is 11.8 Å². The van der Waals surface area contributed by atoms with Crippen LogP contribution in [0.2, 0.25) is 0 Å². The molecule has 0 fully saturated rings. The first-order valence-electron chi connectivity index (χ1n) is 10.9. The van der Waals surface area contributed by atoms with Crippen molar-refractivity contribution in [2.24, 2.45) is 0 Å². The molecule has 0 unspecified atom stereocenters. The van der Waals surface area contributed by atoms with Crippen LogP contribution in [0, 0.1) is 0 Å². The lowest BCUT2D eigenvalue weighted by molar-refractivity contribution is 0.188. The Balaban J connectivity index is 1.83. The summed E-state index contributed by atoms with van der Waals surface area (Å²) in [6.45, 7) is 5.61. The third-order valence-corrected chi connectivity index (χ3v) is 6.21. The second-order valence-electron chi connectivity index (χ2n) is 7.96. The largest absolute Gasteiger partial charge is 0.494 e. The summed E-state index contributed by atoms with van der Waals surface area (Å²) in [6, 6.07) is 16.2. The van der Waals surface area contributed by atoms with Crippen molar-refractivity contribution in [3.63, 3.8) is 0 Å². The number of methoxy groups -OCH3 is 2. The molecule has 0 saturated carbocycles. The molecule has 0 bridgehead atoms. The van der Waals surface area contributed by atoms with Gasteiger partial charge in [0.1, 0.15) is 27.9 Å². The first-order valence-corrected chi connectivity index (χ1v) is 12.1. The molecule has 0 aliphatic carbocycles. The summed E-state index contributed by atoms with van der Waals surface area (Å²) < 4.78 is 19.5. The summed E-state index contributed by atoms with van der Waals surface area (Å²) >= 11 is 1.54. The Hall–Kier alpha value is -3.03. The van der Waals surface area contributed by atoms with Crippen molar-refractivity contribution in [1.82, 2.24) is 14.5 Å². The Labute approximate surface area is 198 Å². The lowest BCUT2D eigenvalue weighted by atomic mass is 10.0. The second kappa shape index (κ2) is 10.3. The zero-order valence-electron chi connectivity index (χ0n) is 19.7. The molecule has 2 aromatic heterocycles. The van der Waals surface area contributed by atoms with Crippen LogP contribution in [0.3, 0.4) is 0 Å². The van der Waals surface area contributed by atoms with Crippen molar-refractivity contribution in [2.45, 2.75) is 31.3 Å². The fraction of sp³-hybridized carbons (Fsp3) is 0.308. The molecule has 2 aromatic carbocycles. The molecule has 0 spiro atoms. The van der Waals surface area contributed by atoms with Gasteiger partial charge in [0.2, 0.25) is 0 Å². The van der Waals surface area contributed by atoms with Gasteiger partial charge in [0.05, 0.1) is 19.2 Å². The van der Waals surface area contributed by atoms with Crippen molar-refractivity contribution in [2.75, 3.05) is 27.1 Å². The maximum absolute atomic E-state index is 6.19. The molecule has 6 nitrogen and oxygen atoms in total. The normalized spacial score (nSPS) is 11.3. The number of imidazole rings is 1. The number of rotatable bonds is 9. The molecule has 4 rings (SSSR count). The van der Waals surface area contributed by atoms with E-state index in [4.69, 9.17) is 19.2 Å². The van der Waals surface area contributed by atoms with Crippen molar-refractivity contribution >= 4 is 22.8 Å². The standard InChI is InChI=1S/C26H29N3O3S/c1-17(2)18-8-10-19(11-9-18)25-28-21-15-20(32-22-7-6-12-27-26(22)33-5)16-23(31-4)24(21)29(25)13-14-30-3/h6-12,15-17H,13-14H2,1-5H3. The van der Waals surface area contributed by atoms with Crippen molar-refractivity contribution in [3.8, 4) is 28.6 Å². The van der Waals surface area contributed by atoms with E-state index >= 15 is 0 Å². The maximum atomic E-state index is 6.19. The number of thioether (sulfide) groups is 1. The monoisotopic (exact) mass is 463 g/mol. The quantitative estimate of drug-likeness (QED) is 0.268. The first kappa shape index (κ1) is 23.1. The van der Waals surface area contributed by atoms with Gasteiger partial charge in [-0.25, -0.2) is 9.97 Å². The van der Waals surface area contributed by atoms with Crippen molar-refractivity contribution in [1.29, 1.82) is 0 Å². The molecule has 4 aromatic rings. The third-order valence-electron chi connectivity index (χ3n) is 5.51. The lowest BCUT2D eigenvalue weighted by Gasteiger charge is -2.13. The van der Waals surface area contributed by atoms with Gasteiger partial charge in [0, 0.05) is 37.5 Å². The third kappa shape index (κ3) is 4.84. The van der Waals surface area contributed by atoms with Gasteiger partial charge in [-0.3, -0.25) is 0 Å². The predicted molar refractivity (Wildman–Crippen MR) is 134 cm³/mol. The predicted octanol–water partition coefficient (Wildman–Crippen LogP) is 6.39. The highest BCUT2D eigenvalue weighted by Gasteiger charge is 2.19. The van der Waals surface area contributed by atoms with Gasteiger partial charge in [0.15, 0.2) is 5.75 Å². The molecule has 33 heavy (non-hydrogen) atoms. The molecule has 0 amide bonds. The van der Waals surface area contributed by atoms with Crippen LogP contribution in [0.5, 0.6) is 17.2 Å². The number of hydrogen-bond donors (Lipinski definition) is 0. The topological polar surface area (TPSA) is 58.4 Å². The zero-order chi connectivity index (χ0) is 23.4. The summed E-state index contributed by atoms with van der Waals surface area (Å²) in [5.41, 5.74) is 4.07. The average molecular weight is 464 g/mol. The minimum atomic E-state index is 0.477. The Bertz CT molecular complexity index is 1240. The molecule has 172 valence electrons. The van der Waals surface area contributed by atoms with Gasteiger partial charge in [-0.2, -0.15) is 0 Å². The molecule has 0 radical (unpaired) electrons. The first-order chi connectivity index (χ1) is 16.0. The van der Waals surface area contributed by atoms with Crippen LogP contribution in [0.1, 0.15) is 25.3 Å². The van der Waals surface area contributed by atoms with Crippen LogP contribution in [-0.4, -0.2) is 41.6 Å². The van der Waals surface area contributed by atoms with Gasteiger partial charge in [-0.1, -0.05) is 38.1 Å². The van der Waals surface area contributed by atoms with Crippen LogP contribution < -0.4 is 9.47 Å². The van der Waals surface area contributed by atoms with E-state index in [1.165, 1.54) is 5.56 Å². The Morgan fingerprint density at radius 1 is 1.03 bits per heavy atom. The van der Waals surface area contributed by atoms with Crippen molar-refractivity contribution < 1.29 is 14.2 Å². The maximum Gasteiger partial charge on any atom is 0.159 e. The fourth-order valence-electron chi connectivity index (χ4n) is 3.79. The zero-order valence-corrected chi connectivity index (χ0v) is 20.5. The number of fused-ring (bicyclic) bond motifs is 1. The molecule has 7 heteroatoms. The number of benzene rings is 2. The summed E-state index contributed by atoms with van der Waals surface area (Å²) in [6.07, 6.45) is 3.74. The second-order valence-corrected chi connectivity index (χ2v) is 8.76. The number of ether oxygens (including phenoxy) is 3. The summed E-state index contributed by atoms with van der Waals surface area (Å²) in [7, 11) is 3.37. The molecule has 0 aliphatic rings. The number of nitrogens with zero attached hydrogens (tertiary/aromatic N) is 3. The van der Waals surface area contributed by atoms with Crippen LogP contribution in [-0.2, 0) is 11.3 Å². The minimum absolute atomic E-state index is 0.477. The van der Waals surface area contributed by atoms with E-state index in [0.717, 1.165) is 27.4 Å². The van der Waals surface area contributed by atoms with E-state index in [-0.39, 0.29) is 0 Å². The van der Waals surface area contributed by atoms with Gasteiger partial charge >= 0.3 is 0 Å². The van der Waals surface area contributed by atoms with Gasteiger partial charge in [-0.15, -0.1) is 11.8 Å². The molecular weight excluding hydrogens is 434 g/mol. The van der Waals surface area contributed by atoms with E-state index in [2.05, 4.69) is 47.7 Å². The highest BCUT2D eigenvalue weighted by Crippen LogP contribution is 2.38. The van der Waals surface area contributed by atoms with Crippen LogP contribution in [0.4, 0.5) is 0 Å². The van der Waals surface area contributed by atoms with E-state index in [9.17, 15) is 0 Å². The Morgan fingerprint density at radius 2 is 1.82 bits per heavy atom. The number of hydrogen-bond acceptors (Lipinski definition) is 6. The highest BCUT2D eigenvalue weighted by molar-refractivity contribution is 7.98. The van der Waals surface area contributed by atoms with Gasteiger partial charge < -0.3 is 18.8 Å². The smallest absolute Gasteiger partial charge is 0.159 e. The van der Waals surface area contributed by atoms with E-state index in [1.807, 2.05) is 30.5 Å². The molecular formula is C26H29N3O3S. The van der Waals surface area contributed by atoms with Gasteiger partial charge in [0.25, 0.3) is 0 Å². The lowest BCUT2D eigenvalue weighted by Crippen LogP contribution is -2.07. The van der Waals surface area contributed by atoms with Crippen LogP contribution in [0.15, 0.2) is 59.8 Å². The minimum Gasteiger partial charge on any atom is -0.494 e. The van der Waals surface area contributed by atoms with E-state index in [0.29, 0.717) is 36.3 Å². The van der Waals surface area contributed by atoms with E-state index in [1.54, 1.807) is 32.2 Å². The summed E-state index contributed by atoms with van der Waals surface area (Å²) in [4.78, 5) is 9.37. The highest BCUT2D eigenvalue weighted by atomic mass is 32.2. The summed E-state index contributed by atoms with van der Waals surface area (Å²) in [5.74, 6) is 3.41. The average Bonchev–Trinajstić information content (AvgIpc) is 3.21.